The molecule has 0 aliphatic carbocycles. The van der Waals surface area contributed by atoms with Gasteiger partial charge >= 0.3 is 0 Å². The van der Waals surface area contributed by atoms with E-state index >= 15 is 0 Å². The molecule has 0 saturated heterocycles. The molecular formula is C46H50O8. The monoisotopic (exact) mass is 730 g/mol. The molecule has 0 aliphatic heterocycles. The van der Waals surface area contributed by atoms with E-state index in [4.69, 9.17) is 37.9 Å². The lowest BCUT2D eigenvalue weighted by Crippen LogP contribution is -2.05. The first-order chi connectivity index (χ1) is 26.5. The van der Waals surface area contributed by atoms with Crippen molar-refractivity contribution in [2.24, 2.45) is 0 Å². The van der Waals surface area contributed by atoms with Gasteiger partial charge in [-0.2, -0.15) is 0 Å². The van der Waals surface area contributed by atoms with E-state index in [1.165, 1.54) is 0 Å². The number of benzene rings is 6. The zero-order valence-corrected chi connectivity index (χ0v) is 32.6. The SMILES string of the molecule is CCCc1cc2c(-c3c(OC)cc(OC)c4c(OCc5ccccc5)c(OC)c(CCC)cc34)c(OC)cc(OC)c2c(OCc2ccccc2)c1OC. The minimum Gasteiger partial charge on any atom is -0.496 e. The molecule has 6 aromatic rings. The Morgan fingerprint density at radius 3 is 1.09 bits per heavy atom. The van der Waals surface area contributed by atoms with Crippen molar-refractivity contribution in [3.8, 4) is 57.1 Å². The number of ether oxygens (including phenoxy) is 8. The Balaban J connectivity index is 1.76. The second-order valence-corrected chi connectivity index (χ2v) is 13.0. The third-order valence-corrected chi connectivity index (χ3v) is 9.70. The standard InChI is InChI=1S/C46H50O8/c1-9-17-31-23-33-39(35(47-3)25-37(49-5)41(33)45(43(31)51-7)53-27-29-19-13-11-14-20-29)40-34-24-32(18-10-2)44(52-8)46(54-28-30-21-15-12-16-22-30)42(34)38(50-6)26-36(40)48-4/h11-16,19-26H,9-10,17-18,27-28H2,1-8H3. The highest BCUT2D eigenvalue weighted by atomic mass is 16.5. The summed E-state index contributed by atoms with van der Waals surface area (Å²) in [6.07, 6.45) is 3.31. The summed E-state index contributed by atoms with van der Waals surface area (Å²) in [6, 6.07) is 28.4. The van der Waals surface area contributed by atoms with Crippen molar-refractivity contribution in [1.29, 1.82) is 0 Å². The van der Waals surface area contributed by atoms with Crippen LogP contribution >= 0.6 is 0 Å². The Kier molecular flexibility index (Phi) is 12.2. The number of methoxy groups -OCH3 is 6. The molecule has 0 radical (unpaired) electrons. The number of hydrogen-bond donors (Lipinski definition) is 0. The van der Waals surface area contributed by atoms with E-state index in [0.717, 1.165) is 80.6 Å². The average Bonchev–Trinajstić information content (AvgIpc) is 3.21. The predicted molar refractivity (Wildman–Crippen MR) is 216 cm³/mol. The smallest absolute Gasteiger partial charge is 0.173 e. The van der Waals surface area contributed by atoms with Gasteiger partial charge in [0, 0.05) is 34.0 Å². The molecule has 282 valence electrons. The van der Waals surface area contributed by atoms with Gasteiger partial charge in [0.1, 0.15) is 36.2 Å². The first-order valence-electron chi connectivity index (χ1n) is 18.4. The summed E-state index contributed by atoms with van der Waals surface area (Å²) in [4.78, 5) is 0. The van der Waals surface area contributed by atoms with Crippen LogP contribution in [0.1, 0.15) is 48.9 Å². The van der Waals surface area contributed by atoms with Crippen LogP contribution in [0.25, 0.3) is 32.7 Å². The van der Waals surface area contributed by atoms with Gasteiger partial charge in [-0.15, -0.1) is 0 Å². The lowest BCUT2D eigenvalue weighted by atomic mass is 9.88. The van der Waals surface area contributed by atoms with Gasteiger partial charge in [-0.1, -0.05) is 87.4 Å². The minimum absolute atomic E-state index is 0.337. The van der Waals surface area contributed by atoms with E-state index in [-0.39, 0.29) is 0 Å². The molecule has 0 N–H and O–H groups in total. The molecule has 0 aromatic heterocycles. The first kappa shape index (κ1) is 38.0. The van der Waals surface area contributed by atoms with Gasteiger partial charge in [-0.25, -0.2) is 0 Å². The quantitative estimate of drug-likeness (QED) is 0.0918. The number of fused-ring (bicyclic) bond motifs is 2. The van der Waals surface area contributed by atoms with Crippen LogP contribution in [0.15, 0.2) is 84.9 Å². The van der Waals surface area contributed by atoms with Gasteiger partial charge < -0.3 is 37.9 Å². The van der Waals surface area contributed by atoms with Gasteiger partial charge in [0.25, 0.3) is 0 Å². The minimum atomic E-state index is 0.337. The van der Waals surface area contributed by atoms with E-state index in [1.54, 1.807) is 42.7 Å². The molecule has 54 heavy (non-hydrogen) atoms. The van der Waals surface area contributed by atoms with Crippen molar-refractivity contribution >= 4 is 21.5 Å². The van der Waals surface area contributed by atoms with Gasteiger partial charge in [0.2, 0.25) is 0 Å². The highest BCUT2D eigenvalue weighted by Crippen LogP contribution is 2.56. The molecule has 0 spiro atoms. The summed E-state index contributed by atoms with van der Waals surface area (Å²) in [5.74, 6) is 4.93. The first-order valence-corrected chi connectivity index (χ1v) is 18.4. The van der Waals surface area contributed by atoms with E-state index in [2.05, 4.69) is 26.0 Å². The maximum absolute atomic E-state index is 6.74. The number of aryl methyl sites for hydroxylation is 2. The van der Waals surface area contributed by atoms with Crippen molar-refractivity contribution in [2.45, 2.75) is 52.7 Å². The fraction of sp³-hybridized carbons (Fsp3) is 0.304. The molecule has 8 heteroatoms. The summed E-state index contributed by atoms with van der Waals surface area (Å²) < 4.78 is 50.5. The molecule has 0 atom stereocenters. The van der Waals surface area contributed by atoms with Crippen LogP contribution < -0.4 is 37.9 Å². The Morgan fingerprint density at radius 1 is 0.407 bits per heavy atom. The van der Waals surface area contributed by atoms with Crippen LogP contribution in [0.5, 0.6) is 46.0 Å². The van der Waals surface area contributed by atoms with Crippen molar-refractivity contribution < 1.29 is 37.9 Å². The Labute approximate surface area is 318 Å². The summed E-state index contributed by atoms with van der Waals surface area (Å²) in [5, 5.41) is 3.25. The van der Waals surface area contributed by atoms with E-state index < -0.39 is 0 Å². The normalized spacial score (nSPS) is 11.0. The molecule has 8 nitrogen and oxygen atoms in total. The third-order valence-electron chi connectivity index (χ3n) is 9.70. The summed E-state index contributed by atoms with van der Waals surface area (Å²) in [5.41, 5.74) is 5.69. The van der Waals surface area contributed by atoms with Crippen LogP contribution in [0, 0.1) is 0 Å². The zero-order valence-electron chi connectivity index (χ0n) is 32.6. The van der Waals surface area contributed by atoms with Crippen molar-refractivity contribution in [3.05, 3.63) is 107 Å². The van der Waals surface area contributed by atoms with Crippen LogP contribution in [-0.4, -0.2) is 42.7 Å². The summed E-state index contributed by atoms with van der Waals surface area (Å²) in [6.45, 7) is 4.98. The second kappa shape index (κ2) is 17.4. The summed E-state index contributed by atoms with van der Waals surface area (Å²) in [7, 11) is 10.0. The Bertz CT molecular complexity index is 2050. The molecule has 6 rings (SSSR count). The van der Waals surface area contributed by atoms with E-state index in [9.17, 15) is 0 Å². The lowest BCUT2D eigenvalue weighted by molar-refractivity contribution is 0.286. The molecule has 0 aliphatic rings. The Morgan fingerprint density at radius 2 is 0.778 bits per heavy atom. The molecule has 0 fully saturated rings. The predicted octanol–water partition coefficient (Wildman–Crippen LogP) is 10.8. The molecule has 0 amide bonds. The van der Waals surface area contributed by atoms with Gasteiger partial charge in [-0.3, -0.25) is 0 Å². The van der Waals surface area contributed by atoms with Gasteiger partial charge in [-0.05, 0) is 47.2 Å². The number of hydrogen-bond acceptors (Lipinski definition) is 8. The van der Waals surface area contributed by atoms with Crippen LogP contribution in [0.2, 0.25) is 0 Å². The van der Waals surface area contributed by atoms with E-state index in [1.807, 2.05) is 72.8 Å². The molecule has 0 unspecified atom stereocenters. The molecular weight excluding hydrogens is 680 g/mol. The van der Waals surface area contributed by atoms with E-state index in [0.29, 0.717) is 59.2 Å². The zero-order chi connectivity index (χ0) is 38.2. The molecule has 0 heterocycles. The van der Waals surface area contributed by atoms with Crippen molar-refractivity contribution in [1.82, 2.24) is 0 Å². The van der Waals surface area contributed by atoms with Gasteiger partial charge in [0.05, 0.1) is 53.4 Å². The lowest BCUT2D eigenvalue weighted by Gasteiger charge is -2.25. The maximum atomic E-state index is 6.74. The molecule has 0 bridgehead atoms. The van der Waals surface area contributed by atoms with Crippen molar-refractivity contribution in [3.63, 3.8) is 0 Å². The second-order valence-electron chi connectivity index (χ2n) is 13.0. The highest BCUT2D eigenvalue weighted by Gasteiger charge is 2.30. The van der Waals surface area contributed by atoms with Crippen molar-refractivity contribution in [2.75, 3.05) is 42.7 Å². The number of rotatable bonds is 17. The van der Waals surface area contributed by atoms with Crippen LogP contribution in [0.4, 0.5) is 0 Å². The molecule has 0 saturated carbocycles. The fourth-order valence-corrected chi connectivity index (χ4v) is 7.32. The highest BCUT2D eigenvalue weighted by molar-refractivity contribution is 6.16. The molecule has 6 aromatic carbocycles. The Hall–Kier alpha value is -5.76. The summed E-state index contributed by atoms with van der Waals surface area (Å²) >= 11 is 0. The third kappa shape index (κ3) is 7.25. The largest absolute Gasteiger partial charge is 0.496 e. The van der Waals surface area contributed by atoms with Crippen LogP contribution in [0.3, 0.4) is 0 Å². The average molecular weight is 731 g/mol. The van der Waals surface area contributed by atoms with Crippen LogP contribution in [-0.2, 0) is 26.1 Å². The topological polar surface area (TPSA) is 73.8 Å². The fourth-order valence-electron chi connectivity index (χ4n) is 7.32. The van der Waals surface area contributed by atoms with Gasteiger partial charge in [0.15, 0.2) is 23.0 Å². The maximum Gasteiger partial charge on any atom is 0.173 e.